The Bertz CT molecular complexity index is 914. The number of ether oxygens (including phenoxy) is 1. The van der Waals surface area contributed by atoms with Gasteiger partial charge in [-0.25, -0.2) is 0 Å². The average Bonchev–Trinajstić information content (AvgIpc) is 2.67. The summed E-state index contributed by atoms with van der Waals surface area (Å²) in [5.41, 5.74) is 0.283. The molecule has 2 rings (SSSR count). The summed E-state index contributed by atoms with van der Waals surface area (Å²) >= 11 is 14.6. The van der Waals surface area contributed by atoms with Gasteiger partial charge in [-0.3, -0.25) is 9.59 Å². The van der Waals surface area contributed by atoms with E-state index in [0.29, 0.717) is 27.8 Å². The van der Waals surface area contributed by atoms with Gasteiger partial charge in [0.05, 0.1) is 0 Å². The fraction of sp³-hybridized carbons (Fsp3) is 0.391. The molecule has 1 N–H and O–H groups in total. The minimum absolute atomic E-state index is 0.168. The lowest BCUT2D eigenvalue weighted by Crippen LogP contribution is -2.54. The van der Waals surface area contributed by atoms with E-state index in [1.54, 1.807) is 30.3 Å². The zero-order valence-electron chi connectivity index (χ0n) is 18.0. The maximum atomic E-state index is 13.2. The maximum absolute atomic E-state index is 13.2. The first-order valence-corrected chi connectivity index (χ1v) is 11.8. The van der Waals surface area contributed by atoms with Gasteiger partial charge in [0.1, 0.15) is 11.8 Å². The van der Waals surface area contributed by atoms with Gasteiger partial charge in [-0.15, -0.1) is 0 Å². The molecule has 5 nitrogen and oxygen atoms in total. The van der Waals surface area contributed by atoms with Gasteiger partial charge < -0.3 is 15.0 Å². The van der Waals surface area contributed by atoms with E-state index < -0.39 is 11.6 Å². The second-order valence-electron chi connectivity index (χ2n) is 8.16. The molecule has 0 spiro atoms. The number of hydrogen-bond donors (Lipinski definition) is 1. The third kappa shape index (κ3) is 8.16. The molecule has 0 saturated carbocycles. The third-order valence-electron chi connectivity index (χ3n) is 4.42. The highest BCUT2D eigenvalue weighted by Gasteiger charge is 2.31. The van der Waals surface area contributed by atoms with Gasteiger partial charge in [0.15, 0.2) is 6.61 Å². The molecule has 0 heterocycles. The Labute approximate surface area is 207 Å². The molecule has 0 radical (unpaired) electrons. The zero-order valence-corrected chi connectivity index (χ0v) is 21.7. The van der Waals surface area contributed by atoms with Crippen LogP contribution in [0.4, 0.5) is 0 Å². The van der Waals surface area contributed by atoms with E-state index in [2.05, 4.69) is 27.9 Å². The predicted octanol–water partition coefficient (Wildman–Crippen LogP) is 5.70. The second-order valence-corrected chi connectivity index (χ2v) is 10.3. The molecular formula is C23H27Cl2IN2O3. The van der Waals surface area contributed by atoms with Crippen molar-refractivity contribution in [3.05, 3.63) is 61.6 Å². The first-order valence-electron chi connectivity index (χ1n) is 9.94. The first kappa shape index (κ1) is 25.7. The summed E-state index contributed by atoms with van der Waals surface area (Å²) in [4.78, 5) is 27.7. The van der Waals surface area contributed by atoms with Crippen LogP contribution >= 0.6 is 45.8 Å². The van der Waals surface area contributed by atoms with Crippen LogP contribution in [0.3, 0.4) is 0 Å². The molecule has 168 valence electrons. The molecule has 2 amide bonds. The number of benzene rings is 2. The average molecular weight is 577 g/mol. The second kappa shape index (κ2) is 11.4. The Hall–Kier alpha value is -1.51. The van der Waals surface area contributed by atoms with E-state index in [9.17, 15) is 9.59 Å². The molecule has 0 aliphatic rings. The van der Waals surface area contributed by atoms with Crippen molar-refractivity contribution in [2.75, 3.05) is 6.61 Å². The molecule has 0 bridgehead atoms. The van der Waals surface area contributed by atoms with Crippen molar-refractivity contribution >= 4 is 57.6 Å². The molecule has 2 aromatic rings. The summed E-state index contributed by atoms with van der Waals surface area (Å²) in [6, 6.07) is 11.8. The Balaban J connectivity index is 2.27. The highest BCUT2D eigenvalue weighted by molar-refractivity contribution is 14.1. The number of nitrogens with zero attached hydrogens (tertiary/aromatic N) is 1. The molecule has 2 aromatic carbocycles. The fourth-order valence-electron chi connectivity index (χ4n) is 2.96. The lowest BCUT2D eigenvalue weighted by atomic mass is 10.1. The van der Waals surface area contributed by atoms with Crippen LogP contribution in [-0.4, -0.2) is 34.9 Å². The topological polar surface area (TPSA) is 58.6 Å². The summed E-state index contributed by atoms with van der Waals surface area (Å²) < 4.78 is 6.76. The van der Waals surface area contributed by atoms with Gasteiger partial charge in [0.25, 0.3) is 5.91 Å². The number of rotatable bonds is 8. The summed E-state index contributed by atoms with van der Waals surface area (Å²) in [6.07, 6.45) is 0.447. The fourth-order valence-corrected chi connectivity index (χ4v) is 3.79. The minimum Gasteiger partial charge on any atom is -0.484 e. The number of amides is 2. The summed E-state index contributed by atoms with van der Waals surface area (Å²) in [6.45, 7) is 7.56. The Morgan fingerprint density at radius 3 is 2.32 bits per heavy atom. The quantitative estimate of drug-likeness (QED) is 0.410. The Morgan fingerprint density at radius 2 is 1.77 bits per heavy atom. The lowest BCUT2D eigenvalue weighted by Gasteiger charge is -2.33. The molecule has 8 heteroatoms. The molecule has 1 atom stereocenters. The van der Waals surface area contributed by atoms with Crippen LogP contribution in [0, 0.1) is 3.57 Å². The van der Waals surface area contributed by atoms with Crippen LogP contribution in [0.1, 0.15) is 39.7 Å². The van der Waals surface area contributed by atoms with Gasteiger partial charge in [-0.1, -0.05) is 36.2 Å². The van der Waals surface area contributed by atoms with E-state index in [0.717, 1.165) is 3.57 Å². The van der Waals surface area contributed by atoms with Crippen molar-refractivity contribution in [1.29, 1.82) is 0 Å². The van der Waals surface area contributed by atoms with Crippen LogP contribution in [0.5, 0.6) is 5.75 Å². The first-order chi connectivity index (χ1) is 14.5. The normalized spacial score (nSPS) is 12.2. The molecule has 0 saturated heterocycles. The van der Waals surface area contributed by atoms with Gasteiger partial charge in [0.2, 0.25) is 5.91 Å². The van der Waals surface area contributed by atoms with E-state index in [-0.39, 0.29) is 25.0 Å². The van der Waals surface area contributed by atoms with Gasteiger partial charge in [0, 0.05) is 25.7 Å². The van der Waals surface area contributed by atoms with E-state index in [4.69, 9.17) is 27.9 Å². The van der Waals surface area contributed by atoms with E-state index in [1.807, 2.05) is 39.8 Å². The summed E-state index contributed by atoms with van der Waals surface area (Å²) in [5.74, 6) is 0.0635. The molecule has 0 aromatic heterocycles. The standard InChI is InChI=1S/C23H27Cl2IN2O3/c1-5-20(22(30)27-23(2,3)4)28(13-15-6-7-16(24)12-19(15)25)21(29)14-31-18-10-8-17(26)9-11-18/h6-12,20H,5,13-14H2,1-4H3,(H,27,30). The monoisotopic (exact) mass is 576 g/mol. The predicted molar refractivity (Wildman–Crippen MR) is 134 cm³/mol. The third-order valence-corrected chi connectivity index (χ3v) is 5.72. The Morgan fingerprint density at radius 1 is 1.13 bits per heavy atom. The molecular weight excluding hydrogens is 550 g/mol. The molecule has 0 aliphatic carbocycles. The molecule has 31 heavy (non-hydrogen) atoms. The Kier molecular flexibility index (Phi) is 9.45. The van der Waals surface area contributed by atoms with Gasteiger partial charge in [-0.2, -0.15) is 0 Å². The highest BCUT2D eigenvalue weighted by atomic mass is 127. The minimum atomic E-state index is -0.668. The van der Waals surface area contributed by atoms with Crippen LogP contribution in [0.15, 0.2) is 42.5 Å². The molecule has 0 aliphatic heterocycles. The number of halogens is 3. The summed E-state index contributed by atoms with van der Waals surface area (Å²) in [7, 11) is 0. The molecule has 1 unspecified atom stereocenters. The maximum Gasteiger partial charge on any atom is 0.261 e. The van der Waals surface area contributed by atoms with Crippen molar-refractivity contribution in [2.45, 2.75) is 52.2 Å². The largest absolute Gasteiger partial charge is 0.484 e. The number of nitrogens with one attached hydrogen (secondary N) is 1. The number of carbonyl (C=O) groups excluding carboxylic acids is 2. The number of carbonyl (C=O) groups is 2. The highest BCUT2D eigenvalue weighted by Crippen LogP contribution is 2.24. The van der Waals surface area contributed by atoms with Crippen molar-refractivity contribution in [3.8, 4) is 5.75 Å². The van der Waals surface area contributed by atoms with Crippen LogP contribution in [0.25, 0.3) is 0 Å². The summed E-state index contributed by atoms with van der Waals surface area (Å²) in [5, 5.41) is 3.91. The van der Waals surface area contributed by atoms with E-state index in [1.165, 1.54) is 4.90 Å². The lowest BCUT2D eigenvalue weighted by molar-refractivity contribution is -0.143. The van der Waals surface area contributed by atoms with Crippen LogP contribution in [0.2, 0.25) is 10.0 Å². The molecule has 0 fully saturated rings. The van der Waals surface area contributed by atoms with Crippen LogP contribution in [-0.2, 0) is 16.1 Å². The van der Waals surface area contributed by atoms with Crippen molar-refractivity contribution < 1.29 is 14.3 Å². The van der Waals surface area contributed by atoms with Gasteiger partial charge >= 0.3 is 0 Å². The SMILES string of the molecule is CCC(C(=O)NC(C)(C)C)N(Cc1ccc(Cl)cc1Cl)C(=O)COc1ccc(I)cc1. The van der Waals surface area contributed by atoms with Gasteiger partial charge in [-0.05, 0) is 91.7 Å². The zero-order chi connectivity index (χ0) is 23.2. The van der Waals surface area contributed by atoms with Crippen molar-refractivity contribution in [1.82, 2.24) is 10.2 Å². The smallest absolute Gasteiger partial charge is 0.261 e. The van der Waals surface area contributed by atoms with E-state index >= 15 is 0 Å². The van der Waals surface area contributed by atoms with Crippen molar-refractivity contribution in [2.24, 2.45) is 0 Å². The van der Waals surface area contributed by atoms with Crippen molar-refractivity contribution in [3.63, 3.8) is 0 Å². The number of hydrogen-bond acceptors (Lipinski definition) is 3. The van der Waals surface area contributed by atoms with Crippen LogP contribution < -0.4 is 10.1 Å².